The smallest absolute Gasteiger partial charge is 0.343 e. The number of aryl methyl sites for hydroxylation is 1. The lowest BCUT2D eigenvalue weighted by Crippen LogP contribution is -2.35. The normalized spacial score (nSPS) is 20.2. The van der Waals surface area contributed by atoms with Crippen LogP contribution in [0.4, 0.5) is 0 Å². The van der Waals surface area contributed by atoms with E-state index in [-0.39, 0.29) is 12.0 Å². The van der Waals surface area contributed by atoms with Crippen molar-refractivity contribution in [1.29, 1.82) is 0 Å². The third kappa shape index (κ3) is 4.80. The summed E-state index contributed by atoms with van der Waals surface area (Å²) in [5.74, 6) is -0.0403. The molecule has 5 nitrogen and oxygen atoms in total. The topological polar surface area (TPSA) is 55.8 Å². The van der Waals surface area contributed by atoms with Gasteiger partial charge in [0.2, 0.25) is 0 Å². The molecule has 0 radical (unpaired) electrons. The van der Waals surface area contributed by atoms with E-state index in [1.807, 2.05) is 31.2 Å². The van der Waals surface area contributed by atoms with Gasteiger partial charge in [0.15, 0.2) is 0 Å². The molecule has 1 atom stereocenters. The van der Waals surface area contributed by atoms with Crippen LogP contribution in [0.25, 0.3) is 6.08 Å². The van der Waals surface area contributed by atoms with Gasteiger partial charge in [0.1, 0.15) is 10.1 Å². The van der Waals surface area contributed by atoms with Crippen molar-refractivity contribution < 1.29 is 19.1 Å². The summed E-state index contributed by atoms with van der Waals surface area (Å²) in [7, 11) is 0. The van der Waals surface area contributed by atoms with Gasteiger partial charge in [0, 0.05) is 6.61 Å². The van der Waals surface area contributed by atoms with E-state index in [0.29, 0.717) is 27.1 Å². The molecule has 2 aromatic rings. The maximum Gasteiger partial charge on any atom is 0.343 e. The number of thioether (sulfide) groups is 1. The first-order valence-corrected chi connectivity index (χ1v) is 11.0. The second-order valence-electron chi connectivity index (χ2n) is 7.26. The van der Waals surface area contributed by atoms with Gasteiger partial charge in [-0.25, -0.2) is 4.79 Å². The molecular formula is C23H21NO4S2. The number of carbonyl (C=O) groups is 2. The molecule has 0 aliphatic carbocycles. The minimum absolute atomic E-state index is 0.0641. The number of amides is 1. The van der Waals surface area contributed by atoms with Gasteiger partial charge in [-0.05, 0) is 55.7 Å². The largest absolute Gasteiger partial charge is 0.423 e. The number of nitrogens with zero attached hydrogens (tertiary/aromatic N) is 1. The quantitative estimate of drug-likeness (QED) is 0.294. The molecule has 4 rings (SSSR count). The lowest BCUT2D eigenvalue weighted by molar-refractivity contribution is -0.123. The highest BCUT2D eigenvalue weighted by atomic mass is 32.2. The van der Waals surface area contributed by atoms with Gasteiger partial charge < -0.3 is 9.47 Å². The highest BCUT2D eigenvalue weighted by Gasteiger charge is 2.34. The third-order valence-electron chi connectivity index (χ3n) is 4.93. The molecule has 7 heteroatoms. The molecule has 0 saturated carbocycles. The molecule has 2 aromatic carbocycles. The van der Waals surface area contributed by atoms with E-state index in [0.717, 1.165) is 30.6 Å². The minimum Gasteiger partial charge on any atom is -0.423 e. The Morgan fingerprint density at radius 3 is 2.80 bits per heavy atom. The monoisotopic (exact) mass is 439 g/mol. The number of hydrogen-bond acceptors (Lipinski definition) is 6. The number of hydrogen-bond donors (Lipinski definition) is 0. The molecule has 2 saturated heterocycles. The standard InChI is InChI=1S/C23H21NO4S2/c1-15-4-2-5-17(12-15)22(26)28-18-9-7-16(8-10-18)13-20-21(25)24(23(29)30-20)14-19-6-3-11-27-19/h2,4-5,7-10,12-13,19H,3,6,11,14H2,1H3. The van der Waals surface area contributed by atoms with Gasteiger partial charge in [0.05, 0.1) is 23.1 Å². The van der Waals surface area contributed by atoms with Crippen molar-refractivity contribution in [3.63, 3.8) is 0 Å². The van der Waals surface area contributed by atoms with E-state index < -0.39 is 5.97 Å². The first-order chi connectivity index (χ1) is 14.5. The number of thiocarbonyl (C=S) groups is 1. The Kier molecular flexibility index (Phi) is 6.32. The van der Waals surface area contributed by atoms with Crippen molar-refractivity contribution in [1.82, 2.24) is 4.90 Å². The summed E-state index contributed by atoms with van der Waals surface area (Å²) in [5.41, 5.74) is 2.34. The summed E-state index contributed by atoms with van der Waals surface area (Å²) in [4.78, 5) is 27.2. The molecule has 0 N–H and O–H groups in total. The van der Waals surface area contributed by atoms with Crippen molar-refractivity contribution >= 4 is 46.3 Å². The van der Waals surface area contributed by atoms with Crippen molar-refractivity contribution in [2.24, 2.45) is 0 Å². The van der Waals surface area contributed by atoms with Crippen LogP contribution in [0.1, 0.15) is 34.3 Å². The highest BCUT2D eigenvalue weighted by molar-refractivity contribution is 8.26. The Hall–Kier alpha value is -2.48. The van der Waals surface area contributed by atoms with Crippen LogP contribution >= 0.6 is 24.0 Å². The summed E-state index contributed by atoms with van der Waals surface area (Å²) in [6, 6.07) is 14.3. The summed E-state index contributed by atoms with van der Waals surface area (Å²) < 4.78 is 11.6. The number of benzene rings is 2. The Morgan fingerprint density at radius 1 is 1.30 bits per heavy atom. The Bertz CT molecular complexity index is 1010. The average Bonchev–Trinajstić information content (AvgIpc) is 3.34. The van der Waals surface area contributed by atoms with Crippen LogP contribution in [0, 0.1) is 6.92 Å². The van der Waals surface area contributed by atoms with Crippen LogP contribution < -0.4 is 4.74 Å². The number of carbonyl (C=O) groups excluding carboxylic acids is 2. The molecule has 2 heterocycles. The molecule has 2 aliphatic heterocycles. The Morgan fingerprint density at radius 2 is 2.10 bits per heavy atom. The molecule has 1 amide bonds. The Balaban J connectivity index is 1.41. The van der Waals surface area contributed by atoms with Crippen molar-refractivity contribution in [3.05, 3.63) is 70.1 Å². The zero-order valence-electron chi connectivity index (χ0n) is 16.5. The highest BCUT2D eigenvalue weighted by Crippen LogP contribution is 2.33. The molecule has 154 valence electrons. The van der Waals surface area contributed by atoms with E-state index in [1.54, 1.807) is 35.2 Å². The zero-order valence-corrected chi connectivity index (χ0v) is 18.1. The molecule has 0 spiro atoms. The molecular weight excluding hydrogens is 418 g/mol. The van der Waals surface area contributed by atoms with Crippen LogP contribution in [0.2, 0.25) is 0 Å². The fourth-order valence-electron chi connectivity index (χ4n) is 3.37. The number of ether oxygens (including phenoxy) is 2. The SMILES string of the molecule is Cc1cccc(C(=O)Oc2ccc(C=C3SC(=S)N(CC4CCCO4)C3=O)cc2)c1. The van der Waals surface area contributed by atoms with Crippen molar-refractivity contribution in [2.45, 2.75) is 25.9 Å². The maximum atomic E-state index is 12.7. The predicted octanol–water partition coefficient (Wildman–Crippen LogP) is 4.59. The van der Waals surface area contributed by atoms with Crippen LogP contribution in [0.15, 0.2) is 53.4 Å². The average molecular weight is 440 g/mol. The van der Waals surface area contributed by atoms with Gasteiger partial charge >= 0.3 is 5.97 Å². The minimum atomic E-state index is -0.401. The lowest BCUT2D eigenvalue weighted by Gasteiger charge is -2.18. The number of esters is 1. The summed E-state index contributed by atoms with van der Waals surface area (Å²) in [5, 5.41) is 0. The van der Waals surface area contributed by atoms with E-state index in [9.17, 15) is 9.59 Å². The molecule has 2 aliphatic rings. The predicted molar refractivity (Wildman–Crippen MR) is 121 cm³/mol. The molecule has 30 heavy (non-hydrogen) atoms. The fraction of sp³-hybridized carbons (Fsp3) is 0.261. The van der Waals surface area contributed by atoms with Crippen molar-refractivity contribution in [3.8, 4) is 5.75 Å². The zero-order chi connectivity index (χ0) is 21.1. The Labute approximate surface area is 185 Å². The van der Waals surface area contributed by atoms with Crippen LogP contribution in [-0.2, 0) is 9.53 Å². The van der Waals surface area contributed by atoms with Crippen LogP contribution in [-0.4, -0.2) is 40.4 Å². The van der Waals surface area contributed by atoms with Crippen LogP contribution in [0.5, 0.6) is 5.75 Å². The molecule has 0 aromatic heterocycles. The molecule has 2 fully saturated rings. The second kappa shape index (κ2) is 9.12. The fourth-order valence-corrected chi connectivity index (χ4v) is 4.65. The van der Waals surface area contributed by atoms with Gasteiger partial charge in [0.25, 0.3) is 5.91 Å². The van der Waals surface area contributed by atoms with E-state index >= 15 is 0 Å². The van der Waals surface area contributed by atoms with Gasteiger partial charge in [-0.15, -0.1) is 0 Å². The van der Waals surface area contributed by atoms with Gasteiger partial charge in [-0.3, -0.25) is 9.69 Å². The van der Waals surface area contributed by atoms with Gasteiger partial charge in [-0.2, -0.15) is 0 Å². The first kappa shape index (κ1) is 20.8. The lowest BCUT2D eigenvalue weighted by atomic mass is 10.1. The second-order valence-corrected chi connectivity index (χ2v) is 8.93. The summed E-state index contributed by atoms with van der Waals surface area (Å²) in [6.07, 6.45) is 3.85. The third-order valence-corrected chi connectivity index (χ3v) is 6.30. The molecule has 1 unspecified atom stereocenters. The van der Waals surface area contributed by atoms with Crippen LogP contribution in [0.3, 0.4) is 0 Å². The van der Waals surface area contributed by atoms with Gasteiger partial charge in [-0.1, -0.05) is 53.8 Å². The van der Waals surface area contributed by atoms with Crippen molar-refractivity contribution in [2.75, 3.05) is 13.2 Å². The number of rotatable bonds is 5. The first-order valence-electron chi connectivity index (χ1n) is 9.75. The van der Waals surface area contributed by atoms with E-state index in [2.05, 4.69) is 0 Å². The van der Waals surface area contributed by atoms with E-state index in [1.165, 1.54) is 11.8 Å². The summed E-state index contributed by atoms with van der Waals surface area (Å²) >= 11 is 6.68. The van der Waals surface area contributed by atoms with E-state index in [4.69, 9.17) is 21.7 Å². The summed E-state index contributed by atoms with van der Waals surface area (Å²) in [6.45, 7) is 3.18. The molecule has 0 bridgehead atoms. The maximum absolute atomic E-state index is 12.7.